The van der Waals surface area contributed by atoms with Crippen LogP contribution in [0.3, 0.4) is 0 Å². The van der Waals surface area contributed by atoms with E-state index >= 15 is 0 Å². The zero-order valence-corrected chi connectivity index (χ0v) is 13.1. The van der Waals surface area contributed by atoms with Gasteiger partial charge in [-0.15, -0.1) is 0 Å². The Morgan fingerprint density at radius 3 is 2.35 bits per heavy atom. The summed E-state index contributed by atoms with van der Waals surface area (Å²) in [6, 6.07) is 13.9. The number of rotatable bonds is 5. The maximum Gasteiger partial charge on any atom is 0.243 e. The second-order valence-corrected chi connectivity index (χ2v) is 7.40. The van der Waals surface area contributed by atoms with Crippen LogP contribution in [0, 0.1) is 17.1 Å². The van der Waals surface area contributed by atoms with Crippen LogP contribution in [0.2, 0.25) is 0 Å². The third-order valence-electron chi connectivity index (χ3n) is 3.83. The minimum Gasteiger partial charge on any atom is -0.207 e. The van der Waals surface area contributed by atoms with E-state index < -0.39 is 15.8 Å². The van der Waals surface area contributed by atoms with Crippen molar-refractivity contribution in [3.05, 3.63) is 65.5 Å². The lowest BCUT2D eigenvalue weighted by Crippen LogP contribution is -2.33. The smallest absolute Gasteiger partial charge is 0.207 e. The molecular formula is C17H15FN2O2S. The Bertz CT molecular complexity index is 853. The van der Waals surface area contributed by atoms with Crippen LogP contribution in [-0.2, 0) is 16.6 Å². The van der Waals surface area contributed by atoms with Gasteiger partial charge < -0.3 is 0 Å². The summed E-state index contributed by atoms with van der Waals surface area (Å²) in [4.78, 5) is 0.125. The fourth-order valence-corrected chi connectivity index (χ4v) is 4.07. The molecule has 0 radical (unpaired) electrons. The standard InChI is InChI=1S/C17H15FN2O2S/c18-17-4-2-1-3-14(17)12-20(15-7-8-15)23(21,22)16-9-5-13(11-19)6-10-16/h1-6,9-10,15H,7-8,12H2. The van der Waals surface area contributed by atoms with Gasteiger partial charge in [0.2, 0.25) is 10.0 Å². The highest BCUT2D eigenvalue weighted by Crippen LogP contribution is 2.33. The normalized spacial score (nSPS) is 14.7. The van der Waals surface area contributed by atoms with Gasteiger partial charge in [0, 0.05) is 18.2 Å². The molecule has 1 fully saturated rings. The zero-order chi connectivity index (χ0) is 16.4. The molecule has 1 aliphatic carbocycles. The zero-order valence-electron chi connectivity index (χ0n) is 12.3. The minimum atomic E-state index is -3.72. The number of halogens is 1. The van der Waals surface area contributed by atoms with E-state index in [2.05, 4.69) is 0 Å². The molecule has 1 saturated carbocycles. The summed E-state index contributed by atoms with van der Waals surface area (Å²) in [7, 11) is -3.72. The molecule has 2 aromatic carbocycles. The Hall–Kier alpha value is -2.23. The molecule has 3 rings (SSSR count). The molecule has 0 N–H and O–H groups in total. The second-order valence-electron chi connectivity index (χ2n) is 5.51. The highest BCUT2D eigenvalue weighted by atomic mass is 32.2. The lowest BCUT2D eigenvalue weighted by atomic mass is 10.2. The van der Waals surface area contributed by atoms with Crippen molar-refractivity contribution in [3.8, 4) is 6.07 Å². The van der Waals surface area contributed by atoms with Crippen molar-refractivity contribution in [2.24, 2.45) is 0 Å². The van der Waals surface area contributed by atoms with E-state index in [1.54, 1.807) is 18.2 Å². The first-order valence-electron chi connectivity index (χ1n) is 7.28. The van der Waals surface area contributed by atoms with Crippen molar-refractivity contribution >= 4 is 10.0 Å². The van der Waals surface area contributed by atoms with Crippen LogP contribution in [0.1, 0.15) is 24.0 Å². The van der Waals surface area contributed by atoms with Crippen molar-refractivity contribution in [3.63, 3.8) is 0 Å². The van der Waals surface area contributed by atoms with Crippen LogP contribution in [0.25, 0.3) is 0 Å². The molecular weight excluding hydrogens is 315 g/mol. The van der Waals surface area contributed by atoms with Crippen molar-refractivity contribution < 1.29 is 12.8 Å². The number of hydrogen-bond acceptors (Lipinski definition) is 3. The minimum absolute atomic E-state index is 0.0136. The molecule has 6 heteroatoms. The van der Waals surface area contributed by atoms with Gasteiger partial charge >= 0.3 is 0 Å². The summed E-state index contributed by atoms with van der Waals surface area (Å²) in [6.45, 7) is 0.0136. The molecule has 0 aromatic heterocycles. The Morgan fingerprint density at radius 1 is 1.13 bits per heavy atom. The van der Waals surface area contributed by atoms with Crippen LogP contribution in [0.5, 0.6) is 0 Å². The van der Waals surface area contributed by atoms with E-state index in [0.717, 1.165) is 12.8 Å². The molecule has 1 aliphatic rings. The molecule has 0 spiro atoms. The fourth-order valence-electron chi connectivity index (χ4n) is 2.40. The van der Waals surface area contributed by atoms with Gasteiger partial charge in [0.05, 0.1) is 16.5 Å². The highest BCUT2D eigenvalue weighted by Gasteiger charge is 2.38. The van der Waals surface area contributed by atoms with Gasteiger partial charge in [-0.05, 0) is 43.2 Å². The van der Waals surface area contributed by atoms with Gasteiger partial charge in [-0.25, -0.2) is 12.8 Å². The number of nitrogens with zero attached hydrogens (tertiary/aromatic N) is 2. The van der Waals surface area contributed by atoms with E-state index in [1.165, 1.54) is 34.6 Å². The molecule has 2 aromatic rings. The maximum absolute atomic E-state index is 13.9. The van der Waals surface area contributed by atoms with E-state index in [1.807, 2.05) is 6.07 Å². The predicted octanol–water partition coefficient (Wildman–Crippen LogP) is 3.05. The first kappa shape index (κ1) is 15.7. The average Bonchev–Trinajstić information content (AvgIpc) is 3.38. The van der Waals surface area contributed by atoms with Crippen molar-refractivity contribution in [1.29, 1.82) is 5.26 Å². The Morgan fingerprint density at radius 2 is 1.78 bits per heavy atom. The summed E-state index contributed by atoms with van der Waals surface area (Å²) in [5.74, 6) is -0.409. The lowest BCUT2D eigenvalue weighted by Gasteiger charge is -2.22. The van der Waals surface area contributed by atoms with E-state index in [0.29, 0.717) is 11.1 Å². The summed E-state index contributed by atoms with van der Waals surface area (Å²) >= 11 is 0. The largest absolute Gasteiger partial charge is 0.243 e. The first-order valence-corrected chi connectivity index (χ1v) is 8.72. The Kier molecular flexibility index (Phi) is 4.16. The third-order valence-corrected chi connectivity index (χ3v) is 5.74. The van der Waals surface area contributed by atoms with Crippen molar-refractivity contribution in [2.45, 2.75) is 30.3 Å². The average molecular weight is 330 g/mol. The molecule has 0 amide bonds. The topological polar surface area (TPSA) is 61.2 Å². The molecule has 0 saturated heterocycles. The Labute approximate surface area is 134 Å². The molecule has 118 valence electrons. The third kappa shape index (κ3) is 3.26. The number of nitriles is 1. The summed E-state index contributed by atoms with van der Waals surface area (Å²) in [5.41, 5.74) is 0.757. The predicted molar refractivity (Wildman–Crippen MR) is 83.3 cm³/mol. The first-order chi connectivity index (χ1) is 11.0. The van der Waals surface area contributed by atoms with Crippen molar-refractivity contribution in [2.75, 3.05) is 0 Å². The summed E-state index contributed by atoms with van der Waals surface area (Å²) in [6.07, 6.45) is 1.56. The fraction of sp³-hybridized carbons (Fsp3) is 0.235. The molecule has 0 heterocycles. The Balaban J connectivity index is 1.93. The molecule has 0 bridgehead atoms. The van der Waals surface area contributed by atoms with Crippen LogP contribution in [0.15, 0.2) is 53.4 Å². The highest BCUT2D eigenvalue weighted by molar-refractivity contribution is 7.89. The summed E-state index contributed by atoms with van der Waals surface area (Å²) < 4.78 is 40.9. The van der Waals surface area contributed by atoms with Gasteiger partial charge in [-0.1, -0.05) is 18.2 Å². The van der Waals surface area contributed by atoms with E-state index in [4.69, 9.17) is 5.26 Å². The number of hydrogen-bond donors (Lipinski definition) is 0. The molecule has 4 nitrogen and oxygen atoms in total. The van der Waals surface area contributed by atoms with Crippen molar-refractivity contribution in [1.82, 2.24) is 4.31 Å². The summed E-state index contributed by atoms with van der Waals surface area (Å²) in [5, 5.41) is 8.81. The van der Waals surface area contributed by atoms with Crippen LogP contribution >= 0.6 is 0 Å². The lowest BCUT2D eigenvalue weighted by molar-refractivity contribution is 0.391. The van der Waals surface area contributed by atoms with Crippen LogP contribution in [0.4, 0.5) is 4.39 Å². The molecule has 0 unspecified atom stereocenters. The maximum atomic E-state index is 13.9. The molecule has 0 aliphatic heterocycles. The van der Waals surface area contributed by atoms with Crippen LogP contribution in [-0.4, -0.2) is 18.8 Å². The van der Waals surface area contributed by atoms with E-state index in [-0.39, 0.29) is 17.5 Å². The monoisotopic (exact) mass is 330 g/mol. The quantitative estimate of drug-likeness (QED) is 0.846. The molecule has 0 atom stereocenters. The molecule has 23 heavy (non-hydrogen) atoms. The van der Waals surface area contributed by atoms with E-state index in [9.17, 15) is 12.8 Å². The SMILES string of the molecule is N#Cc1ccc(S(=O)(=O)N(Cc2ccccc2F)C2CC2)cc1. The van der Waals surface area contributed by atoms with Gasteiger partial charge in [0.1, 0.15) is 5.82 Å². The van der Waals surface area contributed by atoms with Gasteiger partial charge in [0.15, 0.2) is 0 Å². The van der Waals surface area contributed by atoms with Gasteiger partial charge in [-0.2, -0.15) is 9.57 Å². The van der Waals surface area contributed by atoms with Gasteiger partial charge in [-0.3, -0.25) is 0 Å². The number of sulfonamides is 1. The van der Waals surface area contributed by atoms with Gasteiger partial charge in [0.25, 0.3) is 0 Å². The second kappa shape index (κ2) is 6.11. The van der Waals surface area contributed by atoms with Crippen LogP contribution < -0.4 is 0 Å². The number of benzene rings is 2.